The molecule has 4 rings (SSSR count). The normalized spacial score (nSPS) is 14.4. The molecule has 0 unspecified atom stereocenters. The minimum atomic E-state index is -0.0413. The van der Waals surface area contributed by atoms with Gasteiger partial charge in [0.2, 0.25) is 0 Å². The minimum absolute atomic E-state index is 0.0413. The van der Waals surface area contributed by atoms with E-state index in [4.69, 9.17) is 5.73 Å². The molecule has 0 fully saturated rings. The van der Waals surface area contributed by atoms with Crippen LogP contribution in [0.4, 0.5) is 5.69 Å². The summed E-state index contributed by atoms with van der Waals surface area (Å²) >= 11 is 0. The number of nitrogen functional groups attached to an aromatic ring is 1. The maximum atomic E-state index is 6.43. The first-order chi connectivity index (χ1) is 11.0. The predicted octanol–water partition coefficient (Wildman–Crippen LogP) is 5.55. The Morgan fingerprint density at radius 3 is 2.39 bits per heavy atom. The predicted molar refractivity (Wildman–Crippen MR) is 98.6 cm³/mol. The Morgan fingerprint density at radius 1 is 0.826 bits per heavy atom. The molecule has 0 radical (unpaired) electrons. The lowest BCUT2D eigenvalue weighted by atomic mass is 9.78. The molecular formula is C22H21N. The van der Waals surface area contributed by atoms with Gasteiger partial charge in [-0.15, -0.1) is 0 Å². The fourth-order valence-electron chi connectivity index (χ4n) is 4.00. The van der Waals surface area contributed by atoms with Gasteiger partial charge >= 0.3 is 0 Å². The Bertz CT molecular complexity index is 919. The molecule has 0 aromatic heterocycles. The molecule has 0 spiro atoms. The first-order valence-corrected chi connectivity index (χ1v) is 8.10. The number of hydrogen-bond acceptors (Lipinski definition) is 1. The van der Waals surface area contributed by atoms with E-state index in [1.807, 2.05) is 0 Å². The van der Waals surface area contributed by atoms with E-state index in [0.29, 0.717) is 0 Å². The summed E-state index contributed by atoms with van der Waals surface area (Å²) < 4.78 is 0. The third-order valence-corrected chi connectivity index (χ3v) is 5.06. The molecule has 3 aromatic rings. The largest absolute Gasteiger partial charge is 0.398 e. The van der Waals surface area contributed by atoms with Crippen molar-refractivity contribution in [1.29, 1.82) is 0 Å². The molecule has 0 bridgehead atoms. The first kappa shape index (κ1) is 14.1. The van der Waals surface area contributed by atoms with Gasteiger partial charge in [-0.25, -0.2) is 0 Å². The maximum Gasteiger partial charge on any atom is 0.0397 e. The monoisotopic (exact) mass is 299 g/mol. The number of fused-ring (bicyclic) bond motifs is 3. The highest BCUT2D eigenvalue weighted by molar-refractivity contribution is 5.93. The van der Waals surface area contributed by atoms with Gasteiger partial charge in [-0.3, -0.25) is 0 Å². The summed E-state index contributed by atoms with van der Waals surface area (Å²) in [5, 5.41) is 0. The van der Waals surface area contributed by atoms with Gasteiger partial charge in [0.25, 0.3) is 0 Å². The van der Waals surface area contributed by atoms with Crippen molar-refractivity contribution in [3.63, 3.8) is 0 Å². The van der Waals surface area contributed by atoms with Gasteiger partial charge in [0.05, 0.1) is 0 Å². The zero-order valence-corrected chi connectivity index (χ0v) is 13.9. The van der Waals surface area contributed by atoms with Crippen LogP contribution in [0.25, 0.3) is 22.3 Å². The van der Waals surface area contributed by atoms with E-state index < -0.39 is 0 Å². The van der Waals surface area contributed by atoms with Crippen LogP contribution in [0.1, 0.15) is 30.5 Å². The molecule has 0 atom stereocenters. The van der Waals surface area contributed by atoms with Gasteiger partial charge in [0.1, 0.15) is 0 Å². The molecule has 1 nitrogen and oxygen atoms in total. The summed E-state index contributed by atoms with van der Waals surface area (Å²) in [5.41, 5.74) is 16.3. The molecule has 0 saturated heterocycles. The Hall–Kier alpha value is -2.54. The van der Waals surface area contributed by atoms with Gasteiger partial charge in [-0.1, -0.05) is 74.0 Å². The second kappa shape index (κ2) is 4.73. The highest BCUT2D eigenvalue weighted by Gasteiger charge is 2.37. The van der Waals surface area contributed by atoms with Crippen LogP contribution in [0.2, 0.25) is 0 Å². The fraction of sp³-hybridized carbons (Fsp3) is 0.182. The van der Waals surface area contributed by atoms with Crippen molar-refractivity contribution >= 4 is 5.69 Å². The minimum Gasteiger partial charge on any atom is -0.398 e. The van der Waals surface area contributed by atoms with Crippen molar-refractivity contribution in [2.45, 2.75) is 26.2 Å². The van der Waals surface area contributed by atoms with Crippen molar-refractivity contribution < 1.29 is 0 Å². The van der Waals surface area contributed by atoms with Crippen molar-refractivity contribution in [3.8, 4) is 22.3 Å². The summed E-state index contributed by atoms with van der Waals surface area (Å²) in [4.78, 5) is 0. The van der Waals surface area contributed by atoms with Crippen LogP contribution in [0.5, 0.6) is 0 Å². The Morgan fingerprint density at radius 2 is 1.61 bits per heavy atom. The number of anilines is 1. The molecule has 114 valence electrons. The van der Waals surface area contributed by atoms with Crippen LogP contribution in [0.3, 0.4) is 0 Å². The van der Waals surface area contributed by atoms with E-state index in [0.717, 1.165) is 5.69 Å². The van der Waals surface area contributed by atoms with Crippen LogP contribution < -0.4 is 5.73 Å². The lowest BCUT2D eigenvalue weighted by Crippen LogP contribution is -2.17. The highest BCUT2D eigenvalue weighted by Crippen LogP contribution is 2.53. The Kier molecular flexibility index (Phi) is 2.89. The summed E-state index contributed by atoms with van der Waals surface area (Å²) in [5.74, 6) is 0. The van der Waals surface area contributed by atoms with Crippen LogP contribution in [-0.4, -0.2) is 0 Å². The standard InChI is InChI=1S/C22H21N/c1-14-7-6-8-15(13-14)20-19(23)12-11-17-16-9-4-5-10-18(16)22(2,3)21(17)20/h4-13H,23H2,1-3H3. The van der Waals surface area contributed by atoms with Crippen molar-refractivity contribution in [2.75, 3.05) is 5.73 Å². The number of aryl methyl sites for hydroxylation is 1. The van der Waals surface area contributed by atoms with Gasteiger partial charge in [0, 0.05) is 16.7 Å². The molecule has 2 N–H and O–H groups in total. The molecule has 0 aliphatic heterocycles. The van der Waals surface area contributed by atoms with Gasteiger partial charge in [-0.2, -0.15) is 0 Å². The second-order valence-corrected chi connectivity index (χ2v) is 6.99. The average Bonchev–Trinajstić information content (AvgIpc) is 2.76. The van der Waals surface area contributed by atoms with E-state index in [-0.39, 0.29) is 5.41 Å². The van der Waals surface area contributed by atoms with E-state index >= 15 is 0 Å². The summed E-state index contributed by atoms with van der Waals surface area (Å²) in [6.07, 6.45) is 0. The maximum absolute atomic E-state index is 6.43. The van der Waals surface area contributed by atoms with Crippen LogP contribution >= 0.6 is 0 Å². The van der Waals surface area contributed by atoms with Crippen LogP contribution in [0.15, 0.2) is 60.7 Å². The van der Waals surface area contributed by atoms with E-state index in [1.54, 1.807) is 0 Å². The average molecular weight is 299 g/mol. The smallest absolute Gasteiger partial charge is 0.0397 e. The van der Waals surface area contributed by atoms with Crippen molar-refractivity contribution in [2.24, 2.45) is 0 Å². The zero-order valence-electron chi connectivity index (χ0n) is 13.9. The molecule has 0 amide bonds. The van der Waals surface area contributed by atoms with Crippen molar-refractivity contribution in [3.05, 3.63) is 77.4 Å². The zero-order chi connectivity index (χ0) is 16.2. The SMILES string of the molecule is Cc1cccc(-c2c(N)ccc3c2C(C)(C)c2ccccc2-3)c1. The van der Waals surface area contributed by atoms with Crippen LogP contribution in [0, 0.1) is 6.92 Å². The molecule has 1 aliphatic rings. The first-order valence-electron chi connectivity index (χ1n) is 8.10. The third kappa shape index (κ3) is 1.93. The quantitative estimate of drug-likeness (QED) is 0.586. The van der Waals surface area contributed by atoms with Gasteiger partial charge in [-0.05, 0) is 40.8 Å². The molecule has 1 heteroatoms. The summed E-state index contributed by atoms with van der Waals surface area (Å²) in [6.45, 7) is 6.73. The third-order valence-electron chi connectivity index (χ3n) is 5.06. The molecule has 3 aromatic carbocycles. The lowest BCUT2D eigenvalue weighted by Gasteiger charge is -2.25. The summed E-state index contributed by atoms with van der Waals surface area (Å²) in [7, 11) is 0. The molecule has 0 saturated carbocycles. The van der Waals surface area contributed by atoms with Crippen molar-refractivity contribution in [1.82, 2.24) is 0 Å². The Labute approximate surface area is 137 Å². The lowest BCUT2D eigenvalue weighted by molar-refractivity contribution is 0.662. The van der Waals surface area contributed by atoms with Crippen LogP contribution in [-0.2, 0) is 5.41 Å². The van der Waals surface area contributed by atoms with E-state index in [2.05, 4.69) is 81.4 Å². The number of nitrogens with two attached hydrogens (primary N) is 1. The molecule has 0 heterocycles. The second-order valence-electron chi connectivity index (χ2n) is 6.99. The molecule has 1 aliphatic carbocycles. The van der Waals surface area contributed by atoms with Gasteiger partial charge in [0.15, 0.2) is 0 Å². The van der Waals surface area contributed by atoms with E-state index in [1.165, 1.54) is 38.9 Å². The molecule has 23 heavy (non-hydrogen) atoms. The van der Waals surface area contributed by atoms with E-state index in [9.17, 15) is 0 Å². The van der Waals surface area contributed by atoms with Gasteiger partial charge < -0.3 is 5.73 Å². The number of rotatable bonds is 1. The topological polar surface area (TPSA) is 26.0 Å². The highest BCUT2D eigenvalue weighted by atomic mass is 14.6. The Balaban J connectivity index is 2.09. The summed E-state index contributed by atoms with van der Waals surface area (Å²) in [6, 6.07) is 21.6. The number of hydrogen-bond donors (Lipinski definition) is 1. The fourth-order valence-corrected chi connectivity index (χ4v) is 4.00. The molecular weight excluding hydrogens is 278 g/mol. The number of benzene rings is 3.